The maximum Gasteiger partial charge on any atom is 0.236 e. The van der Waals surface area contributed by atoms with Crippen LogP contribution in [0.4, 0.5) is 0 Å². The molecule has 1 aliphatic heterocycles. The number of amides is 2. The van der Waals surface area contributed by atoms with E-state index >= 15 is 0 Å². The molecular weight excluding hydrogens is 334 g/mol. The zero-order valence-corrected chi connectivity index (χ0v) is 15.4. The lowest BCUT2D eigenvalue weighted by molar-refractivity contribution is -0.131. The summed E-state index contributed by atoms with van der Waals surface area (Å²) in [6.07, 6.45) is 0.0785. The molecule has 0 spiro atoms. The van der Waals surface area contributed by atoms with Gasteiger partial charge in [0.05, 0.1) is 18.7 Å². The van der Waals surface area contributed by atoms with Crippen LogP contribution in [0, 0.1) is 0 Å². The molecule has 0 aliphatic carbocycles. The van der Waals surface area contributed by atoms with Crippen LogP contribution in [-0.4, -0.2) is 78.4 Å². The summed E-state index contributed by atoms with van der Waals surface area (Å²) in [7, 11) is 3.39. The average molecular weight is 361 g/mol. The van der Waals surface area contributed by atoms with Crippen LogP contribution >= 0.6 is 0 Å². The van der Waals surface area contributed by atoms with E-state index in [1.54, 1.807) is 38.4 Å². The number of hydrogen-bond donors (Lipinski definition) is 2. The Hall–Kier alpha value is -2.25. The molecule has 0 radical (unpaired) electrons. The highest BCUT2D eigenvalue weighted by Crippen LogP contribution is 2.12. The first-order chi connectivity index (χ1) is 12.4. The third-order valence-electron chi connectivity index (χ3n) is 4.54. The van der Waals surface area contributed by atoms with E-state index in [-0.39, 0.29) is 43.0 Å². The molecule has 2 atom stereocenters. The van der Waals surface area contributed by atoms with E-state index < -0.39 is 6.10 Å². The molecular formula is C19H27N3O4. The third kappa shape index (κ3) is 5.93. The van der Waals surface area contributed by atoms with Gasteiger partial charge in [-0.05, 0) is 6.42 Å². The first-order valence-electron chi connectivity index (χ1n) is 8.85. The van der Waals surface area contributed by atoms with Gasteiger partial charge < -0.3 is 15.3 Å². The maximum absolute atomic E-state index is 12.1. The van der Waals surface area contributed by atoms with Gasteiger partial charge in [-0.15, -0.1) is 0 Å². The Morgan fingerprint density at radius 3 is 2.50 bits per heavy atom. The Morgan fingerprint density at radius 1 is 1.19 bits per heavy atom. The number of rotatable bonds is 7. The molecule has 2 rings (SSSR count). The third-order valence-corrected chi connectivity index (χ3v) is 4.54. The molecule has 7 nitrogen and oxygen atoms in total. The van der Waals surface area contributed by atoms with Gasteiger partial charge in [-0.25, -0.2) is 0 Å². The van der Waals surface area contributed by atoms with E-state index in [9.17, 15) is 19.5 Å². The van der Waals surface area contributed by atoms with Crippen molar-refractivity contribution in [1.29, 1.82) is 0 Å². The molecule has 0 aromatic heterocycles. The van der Waals surface area contributed by atoms with Crippen molar-refractivity contribution in [2.75, 3.05) is 33.7 Å². The number of nitrogens with one attached hydrogen (secondary N) is 1. The number of piperidine rings is 1. The van der Waals surface area contributed by atoms with Crippen LogP contribution in [-0.2, 0) is 9.59 Å². The number of aliphatic hydroxyl groups is 1. The number of β-amino-alcohol motifs (C(OH)–C–C–N with tert-alkyl or cyclic N) is 1. The Kier molecular flexibility index (Phi) is 7.29. The van der Waals surface area contributed by atoms with Crippen molar-refractivity contribution in [3.05, 3.63) is 35.9 Å². The zero-order valence-electron chi connectivity index (χ0n) is 15.4. The van der Waals surface area contributed by atoms with Crippen LogP contribution in [0.1, 0.15) is 29.6 Å². The predicted molar refractivity (Wildman–Crippen MR) is 97.7 cm³/mol. The first-order valence-corrected chi connectivity index (χ1v) is 8.85. The van der Waals surface area contributed by atoms with Crippen LogP contribution < -0.4 is 5.32 Å². The molecule has 1 aromatic carbocycles. The number of likely N-dealkylation sites (tertiary alicyclic amines) is 1. The summed E-state index contributed by atoms with van der Waals surface area (Å²) in [6, 6.07) is 8.53. The van der Waals surface area contributed by atoms with Gasteiger partial charge in [0.25, 0.3) is 0 Å². The Morgan fingerprint density at radius 2 is 1.88 bits per heavy atom. The van der Waals surface area contributed by atoms with Crippen molar-refractivity contribution in [1.82, 2.24) is 15.1 Å². The molecule has 1 saturated heterocycles. The zero-order chi connectivity index (χ0) is 19.1. The van der Waals surface area contributed by atoms with Crippen LogP contribution in [0.15, 0.2) is 30.3 Å². The fraction of sp³-hybridized carbons (Fsp3) is 0.526. The quantitative estimate of drug-likeness (QED) is 0.682. The Balaban J connectivity index is 1.74. The lowest BCUT2D eigenvalue weighted by atomic mass is 10.0. The molecule has 2 N–H and O–H groups in total. The standard InChI is InChI=1S/C19H27N3O4/c1-21(2)19(26)13-22-11-10-15(17(24)12-22)20-18(25)9-8-16(23)14-6-4-3-5-7-14/h3-7,15,17,24H,8-13H2,1-2H3,(H,20,25)/t15-,17-/m1/s1. The van der Waals surface area contributed by atoms with Crippen molar-refractivity contribution in [2.45, 2.75) is 31.4 Å². The molecule has 0 saturated carbocycles. The van der Waals surface area contributed by atoms with Gasteiger partial charge in [0.15, 0.2) is 5.78 Å². The predicted octanol–water partition coefficient (Wildman–Crippen LogP) is 0.289. The number of likely N-dealkylation sites (N-methyl/N-ethyl adjacent to an activating group) is 1. The molecule has 1 heterocycles. The second-order valence-electron chi connectivity index (χ2n) is 6.84. The monoisotopic (exact) mass is 361 g/mol. The molecule has 1 aromatic rings. The van der Waals surface area contributed by atoms with Gasteiger partial charge in [-0.3, -0.25) is 19.3 Å². The van der Waals surface area contributed by atoms with Crippen LogP contribution in [0.25, 0.3) is 0 Å². The lowest BCUT2D eigenvalue weighted by Crippen LogP contribution is -2.55. The fourth-order valence-corrected chi connectivity index (χ4v) is 2.92. The number of carbonyl (C=O) groups is 3. The smallest absolute Gasteiger partial charge is 0.236 e. The second-order valence-corrected chi connectivity index (χ2v) is 6.84. The van der Waals surface area contributed by atoms with Crippen LogP contribution in [0.3, 0.4) is 0 Å². The van der Waals surface area contributed by atoms with Crippen molar-refractivity contribution < 1.29 is 19.5 Å². The molecule has 0 unspecified atom stereocenters. The number of carbonyl (C=O) groups excluding carboxylic acids is 3. The van der Waals surface area contributed by atoms with E-state index in [2.05, 4.69) is 5.32 Å². The van der Waals surface area contributed by atoms with E-state index in [0.29, 0.717) is 25.1 Å². The molecule has 1 aliphatic rings. The minimum absolute atomic E-state index is 0.0147. The Bertz CT molecular complexity index is 633. The van der Waals surface area contributed by atoms with E-state index in [1.165, 1.54) is 4.90 Å². The van der Waals surface area contributed by atoms with Gasteiger partial charge in [0.2, 0.25) is 11.8 Å². The normalized spacial score (nSPS) is 20.4. The fourth-order valence-electron chi connectivity index (χ4n) is 2.92. The van der Waals surface area contributed by atoms with Gasteiger partial charge in [0, 0.05) is 45.6 Å². The molecule has 1 fully saturated rings. The number of Topliss-reactive ketones (excluding diaryl/α,β-unsaturated/α-hetero) is 1. The number of benzene rings is 1. The summed E-state index contributed by atoms with van der Waals surface area (Å²) in [6.45, 7) is 1.23. The van der Waals surface area contributed by atoms with Crippen molar-refractivity contribution in [3.63, 3.8) is 0 Å². The number of aliphatic hydroxyl groups excluding tert-OH is 1. The Labute approximate surface area is 154 Å². The lowest BCUT2D eigenvalue weighted by Gasteiger charge is -2.36. The molecule has 26 heavy (non-hydrogen) atoms. The van der Waals surface area contributed by atoms with E-state index in [4.69, 9.17) is 0 Å². The van der Waals surface area contributed by atoms with Gasteiger partial charge in [-0.1, -0.05) is 30.3 Å². The SMILES string of the molecule is CN(C)C(=O)CN1CC[C@@H](NC(=O)CCC(=O)c2ccccc2)[C@H](O)C1. The molecule has 2 amide bonds. The van der Waals surface area contributed by atoms with Gasteiger partial charge in [-0.2, -0.15) is 0 Å². The summed E-state index contributed by atoms with van der Waals surface area (Å²) in [5.74, 6) is -0.325. The first kappa shape index (κ1) is 20.1. The highest BCUT2D eigenvalue weighted by molar-refractivity contribution is 5.97. The van der Waals surface area contributed by atoms with Crippen LogP contribution in [0.5, 0.6) is 0 Å². The van der Waals surface area contributed by atoms with Crippen molar-refractivity contribution >= 4 is 17.6 Å². The largest absolute Gasteiger partial charge is 0.390 e. The summed E-state index contributed by atoms with van der Waals surface area (Å²) >= 11 is 0. The summed E-state index contributed by atoms with van der Waals surface area (Å²) in [5.41, 5.74) is 0.596. The van der Waals surface area contributed by atoms with Gasteiger partial charge in [0.1, 0.15) is 0 Å². The highest BCUT2D eigenvalue weighted by Gasteiger charge is 2.29. The minimum Gasteiger partial charge on any atom is -0.390 e. The second kappa shape index (κ2) is 9.45. The van der Waals surface area contributed by atoms with E-state index in [1.807, 2.05) is 11.0 Å². The minimum atomic E-state index is -0.729. The van der Waals surface area contributed by atoms with Gasteiger partial charge >= 0.3 is 0 Å². The topological polar surface area (TPSA) is 90.0 Å². The maximum atomic E-state index is 12.1. The van der Waals surface area contributed by atoms with Crippen LogP contribution in [0.2, 0.25) is 0 Å². The van der Waals surface area contributed by atoms with Crippen molar-refractivity contribution in [2.24, 2.45) is 0 Å². The summed E-state index contributed by atoms with van der Waals surface area (Å²) in [5, 5.41) is 13.1. The number of ketones is 1. The summed E-state index contributed by atoms with van der Waals surface area (Å²) in [4.78, 5) is 39.3. The highest BCUT2D eigenvalue weighted by atomic mass is 16.3. The molecule has 0 bridgehead atoms. The number of nitrogens with zero attached hydrogens (tertiary/aromatic N) is 2. The average Bonchev–Trinajstić information content (AvgIpc) is 2.62. The molecule has 142 valence electrons. The van der Waals surface area contributed by atoms with E-state index in [0.717, 1.165) is 0 Å². The molecule has 7 heteroatoms. The summed E-state index contributed by atoms with van der Waals surface area (Å²) < 4.78 is 0. The number of hydrogen-bond acceptors (Lipinski definition) is 5. The van der Waals surface area contributed by atoms with Crippen molar-refractivity contribution in [3.8, 4) is 0 Å².